The number of thioether (sulfide) groups is 2. The summed E-state index contributed by atoms with van der Waals surface area (Å²) in [6.45, 7) is 1.58. The summed E-state index contributed by atoms with van der Waals surface area (Å²) < 4.78 is 492. The molecular weight excluding hydrogens is 1100 g/mol. The van der Waals surface area contributed by atoms with Crippen LogP contribution in [-0.2, 0) is 9.53 Å². The first-order chi connectivity index (χ1) is 28.7. The van der Waals surface area contributed by atoms with E-state index < -0.39 is 172 Å². The third-order valence-corrected chi connectivity index (χ3v) is 10.4. The van der Waals surface area contributed by atoms with Gasteiger partial charge in [-0.15, -0.1) is 23.5 Å². The summed E-state index contributed by atoms with van der Waals surface area (Å²) in [5, 5.41) is -2.81. The molecule has 0 aliphatic heterocycles. The molecule has 0 aromatic heterocycles. The normalized spacial score (nSPS) is 17.3. The van der Waals surface area contributed by atoms with Gasteiger partial charge in [0.25, 0.3) is 0 Å². The molecule has 67 heavy (non-hydrogen) atoms. The number of hydrogen-bond donors (Lipinski definition) is 0. The summed E-state index contributed by atoms with van der Waals surface area (Å²) in [7, 11) is 0. The topological polar surface area (TPSA) is 26.3 Å². The van der Waals surface area contributed by atoms with Gasteiger partial charge in [0, 0.05) is 11.3 Å². The summed E-state index contributed by atoms with van der Waals surface area (Å²) in [5.41, 5.74) is -9.49. The Balaban J connectivity index is 6.79. The second-order valence-corrected chi connectivity index (χ2v) is 15.6. The molecule has 0 rings (SSSR count). The lowest BCUT2D eigenvalue weighted by molar-refractivity contribution is -0.462. The zero-order valence-corrected chi connectivity index (χ0v) is 32.1. The second kappa shape index (κ2) is 18.5. The highest BCUT2D eigenvalue weighted by Gasteiger charge is 2.97. The molecule has 3 atom stereocenters. The molecule has 0 saturated carbocycles. The summed E-state index contributed by atoms with van der Waals surface area (Å²) in [5.74, 6) is -125. The number of carbonyl (C=O) groups is 1. The minimum atomic E-state index is -9.15. The molecule has 0 bridgehead atoms. The van der Waals surface area contributed by atoms with Gasteiger partial charge in [0.2, 0.25) is 0 Å². The third-order valence-electron chi connectivity index (χ3n) is 7.96. The molecule has 0 N–H and O–H groups in total. The number of ether oxygens (including phenoxy) is 1. The Hall–Kier alpha value is -2.61. The van der Waals surface area contributed by atoms with Crippen LogP contribution in [0.2, 0.25) is 0 Å². The average molecular weight is 1120 g/mol. The van der Waals surface area contributed by atoms with E-state index in [4.69, 9.17) is 0 Å². The summed E-state index contributed by atoms with van der Waals surface area (Å²) in [6, 6.07) is 0. The lowest BCUT2D eigenvalue weighted by Crippen LogP contribution is -2.74. The van der Waals surface area contributed by atoms with E-state index in [9.17, 15) is 163 Å². The first-order valence-corrected chi connectivity index (χ1v) is 17.5. The molecule has 400 valence electrons. The van der Waals surface area contributed by atoms with Gasteiger partial charge in [0.1, 0.15) is 6.61 Å². The molecular formula is C27H16F36O2S2. The van der Waals surface area contributed by atoms with Crippen molar-refractivity contribution in [3.63, 3.8) is 0 Å². The van der Waals surface area contributed by atoms with Crippen molar-refractivity contribution in [2.24, 2.45) is 0 Å². The van der Waals surface area contributed by atoms with Gasteiger partial charge in [-0.25, -0.2) is 13.6 Å². The Bertz CT molecular complexity index is 1730. The van der Waals surface area contributed by atoms with Gasteiger partial charge >= 0.3 is 101 Å². The maximum Gasteiger partial charge on any atom is 0.460 e. The number of carbonyl (C=O) groups excluding carboxylic acids is 1. The number of rotatable bonds is 24. The molecule has 0 aromatic rings. The molecule has 0 spiro atoms. The average Bonchev–Trinajstić information content (AvgIpc) is 3.09. The van der Waals surface area contributed by atoms with Gasteiger partial charge in [0.15, 0.2) is 11.0 Å². The van der Waals surface area contributed by atoms with Crippen LogP contribution in [0, 0.1) is 0 Å². The molecule has 0 aliphatic rings. The molecule has 0 aliphatic carbocycles. The molecule has 0 amide bonds. The van der Waals surface area contributed by atoms with Gasteiger partial charge in [0.05, 0.1) is 18.1 Å². The fourth-order valence-corrected chi connectivity index (χ4v) is 6.26. The lowest BCUT2D eigenvalue weighted by atomic mass is 9.88. The van der Waals surface area contributed by atoms with E-state index in [1.54, 1.807) is 0 Å². The number of esters is 1. The monoisotopic (exact) mass is 1120 g/mol. The summed E-state index contributed by atoms with van der Waals surface area (Å²) in [4.78, 5) is 11.6. The largest absolute Gasteiger partial charge is 0.461 e. The van der Waals surface area contributed by atoms with Crippen molar-refractivity contribution < 1.29 is 168 Å². The maximum atomic E-state index is 14.6. The van der Waals surface area contributed by atoms with Crippen molar-refractivity contribution in [1.29, 1.82) is 0 Å². The molecule has 40 heteroatoms. The van der Waals surface area contributed by atoms with E-state index in [1.165, 1.54) is 0 Å². The third kappa shape index (κ3) is 10.4. The Morgan fingerprint density at radius 1 is 0.418 bits per heavy atom. The van der Waals surface area contributed by atoms with Crippen LogP contribution in [-0.4, -0.2) is 130 Å². The number of hydrogen-bond acceptors (Lipinski definition) is 4. The quantitative estimate of drug-likeness (QED) is 0.0547. The van der Waals surface area contributed by atoms with Crippen molar-refractivity contribution in [3.8, 4) is 0 Å². The van der Waals surface area contributed by atoms with Crippen LogP contribution in [0.1, 0.15) is 19.8 Å². The molecule has 0 heterocycles. The van der Waals surface area contributed by atoms with E-state index >= 15 is 0 Å². The predicted molar refractivity (Wildman–Crippen MR) is 150 cm³/mol. The smallest absolute Gasteiger partial charge is 0.460 e. The molecule has 0 saturated heterocycles. The molecule has 0 aromatic carbocycles. The van der Waals surface area contributed by atoms with Gasteiger partial charge in [-0.2, -0.15) is 149 Å². The van der Waals surface area contributed by atoms with E-state index in [0.717, 1.165) is 0 Å². The second-order valence-electron chi connectivity index (χ2n) is 13.0. The van der Waals surface area contributed by atoms with Crippen LogP contribution in [0.15, 0.2) is 12.2 Å². The Labute approximate surface area is 353 Å². The zero-order valence-electron chi connectivity index (χ0n) is 30.5. The van der Waals surface area contributed by atoms with Crippen LogP contribution >= 0.6 is 23.5 Å². The van der Waals surface area contributed by atoms with Gasteiger partial charge in [-0.3, -0.25) is 0 Å². The summed E-state index contributed by atoms with van der Waals surface area (Å²) in [6.07, 6.45) is -24.1. The van der Waals surface area contributed by atoms with Crippen molar-refractivity contribution in [2.45, 2.75) is 131 Å². The lowest BCUT2D eigenvalue weighted by Gasteiger charge is -2.43. The van der Waals surface area contributed by atoms with Crippen LogP contribution < -0.4 is 0 Å². The van der Waals surface area contributed by atoms with Gasteiger partial charge in [-0.1, -0.05) is 6.58 Å². The van der Waals surface area contributed by atoms with Crippen molar-refractivity contribution >= 4 is 29.5 Å². The highest BCUT2D eigenvalue weighted by Crippen LogP contribution is 2.66. The van der Waals surface area contributed by atoms with E-state index in [1.807, 2.05) is 0 Å². The van der Waals surface area contributed by atoms with Crippen LogP contribution in [0.5, 0.6) is 0 Å². The minimum absolute atomic E-state index is 0.664. The highest BCUT2D eigenvalue weighted by atomic mass is 32.2. The fraction of sp³-hybridized carbons (Fsp3) is 0.889. The van der Waals surface area contributed by atoms with E-state index in [2.05, 4.69) is 11.3 Å². The summed E-state index contributed by atoms with van der Waals surface area (Å²) >= 11 is -2.75. The fourth-order valence-electron chi connectivity index (χ4n) is 4.00. The minimum Gasteiger partial charge on any atom is -0.461 e. The van der Waals surface area contributed by atoms with Crippen molar-refractivity contribution in [3.05, 3.63) is 12.2 Å². The Morgan fingerprint density at radius 2 is 0.657 bits per heavy atom. The SMILES string of the molecule is C=C(C)C(=O)OCC(CSC(F)CC(F)(F)C(F)(F)C(F)(F)C(F)(F)C(F)(F)C(F)(F)C(F)(F)C(F)(F)F)SC(F)CC(F)(F)C(F)(F)C(F)(F)C(F)(F)C(F)(F)C(F)(F)C(F)(F)C(F)(F)F. The first kappa shape index (κ1) is 64.4. The first-order valence-electron chi connectivity index (χ1n) is 15.5. The molecule has 3 unspecified atom stereocenters. The molecule has 0 fully saturated rings. The van der Waals surface area contributed by atoms with Gasteiger partial charge < -0.3 is 4.74 Å². The van der Waals surface area contributed by atoms with Crippen molar-refractivity contribution in [1.82, 2.24) is 0 Å². The standard InChI is InChI=1S/C27H16F36O2S2/c1-7(2)11(64)65-5-8(67-10(29)4-13(32,33)15(36,37)17(40,41)19(44,45)21(48,49)23(52,53)25(56,57)27(61,62)63)6-66-9(28)3-12(30,31)14(34,35)16(38,39)18(42,43)20(46,47)22(50,51)24(54,55)26(58,59)60/h8-10H,1,3-6H2,2H3. The highest BCUT2D eigenvalue weighted by molar-refractivity contribution is 8.03. The maximum absolute atomic E-state index is 14.6. The van der Waals surface area contributed by atoms with E-state index in [-0.39, 0.29) is 0 Å². The number of halogens is 36. The van der Waals surface area contributed by atoms with Crippen LogP contribution in [0.4, 0.5) is 158 Å². The molecule has 2 nitrogen and oxygen atoms in total. The van der Waals surface area contributed by atoms with Crippen LogP contribution in [0.25, 0.3) is 0 Å². The predicted octanol–water partition coefficient (Wildman–Crippen LogP) is 14.3. The van der Waals surface area contributed by atoms with E-state index in [0.29, 0.717) is 6.92 Å². The van der Waals surface area contributed by atoms with Gasteiger partial charge in [-0.05, 0) is 6.92 Å². The zero-order chi connectivity index (χ0) is 54.8. The Morgan fingerprint density at radius 3 is 0.910 bits per heavy atom. The van der Waals surface area contributed by atoms with Crippen LogP contribution in [0.3, 0.4) is 0 Å². The molecule has 0 radical (unpaired) electrons. The number of alkyl halides is 36. The Kier molecular flexibility index (Phi) is 17.8. The van der Waals surface area contributed by atoms with Crippen molar-refractivity contribution in [2.75, 3.05) is 12.4 Å².